The molecule has 0 N–H and O–H groups in total. The summed E-state index contributed by atoms with van der Waals surface area (Å²) in [6, 6.07) is 48.7. The number of aryl methyl sites for hydroxylation is 3. The molecule has 0 saturated heterocycles. The summed E-state index contributed by atoms with van der Waals surface area (Å²) in [6.07, 6.45) is 0. The molecule has 2 aromatic heterocycles. The molecule has 1 spiro atoms. The smallest absolute Gasteiger partial charge is 0.263 e. The average molecular weight is 626 g/mol. The Morgan fingerprint density at radius 1 is 0.449 bits per heavy atom. The van der Waals surface area contributed by atoms with E-state index in [4.69, 9.17) is 0 Å². The van der Waals surface area contributed by atoms with E-state index in [0.717, 1.165) is 38.0 Å². The van der Waals surface area contributed by atoms with Crippen LogP contribution in [-0.4, -0.2) is 4.40 Å². The first-order valence-electron chi connectivity index (χ1n) is 17.2. The van der Waals surface area contributed by atoms with Crippen molar-refractivity contribution in [3.8, 4) is 33.4 Å². The molecule has 2 aliphatic rings. The van der Waals surface area contributed by atoms with Gasteiger partial charge in [0.2, 0.25) is 0 Å². The van der Waals surface area contributed by atoms with Gasteiger partial charge in [0.15, 0.2) is 0 Å². The van der Waals surface area contributed by atoms with Gasteiger partial charge in [-0.25, -0.2) is 0 Å². The lowest BCUT2D eigenvalue weighted by molar-refractivity contribution is 0.794. The number of hydrogen-bond donors (Lipinski definition) is 0. The topological polar surface area (TPSA) is 21.5 Å². The highest BCUT2D eigenvalue weighted by Gasteiger charge is 2.52. The van der Waals surface area contributed by atoms with E-state index in [1.807, 2.05) is 12.1 Å². The summed E-state index contributed by atoms with van der Waals surface area (Å²) >= 11 is 0. The van der Waals surface area contributed by atoms with Gasteiger partial charge < -0.3 is 0 Å². The maximum Gasteiger partial charge on any atom is 0.263 e. The monoisotopic (exact) mass is 625 g/mol. The van der Waals surface area contributed by atoms with E-state index in [2.05, 4.69) is 146 Å². The Morgan fingerprint density at radius 2 is 0.980 bits per heavy atom. The highest BCUT2D eigenvalue weighted by atomic mass is 16.1. The molecule has 11 rings (SSSR count). The van der Waals surface area contributed by atoms with Gasteiger partial charge in [-0.1, -0.05) is 121 Å². The molecule has 0 radical (unpaired) electrons. The van der Waals surface area contributed by atoms with Gasteiger partial charge in [-0.05, 0) is 106 Å². The van der Waals surface area contributed by atoms with Crippen LogP contribution in [0.2, 0.25) is 0 Å². The standard InChI is InChI=1S/C47H31NO/c1-26-22-27(2)42(28(3)23-26)29-24-36-30-12-4-5-15-34(30)46(49)48-44(36)37(25-29)33-20-21-41-43(45(33)48)35-16-8-11-19-40(35)47(41)38-17-9-6-13-31(38)32-14-7-10-18-39(32)47/h4-25H,1-3H3. The SMILES string of the molecule is Cc1cc(C)c(-c2cc3c4ccccc4c(=O)n4c5c6c(ccc5c(c2)c34)C2(c3ccccc3-c3ccccc32)c2ccccc2-6)c(C)c1. The summed E-state index contributed by atoms with van der Waals surface area (Å²) in [4.78, 5) is 14.9. The van der Waals surface area contributed by atoms with Gasteiger partial charge in [0.05, 0.1) is 16.4 Å². The van der Waals surface area contributed by atoms with Crippen molar-refractivity contribution in [2.45, 2.75) is 26.2 Å². The Kier molecular flexibility index (Phi) is 5.03. The number of hydrogen-bond acceptors (Lipinski definition) is 1. The molecule has 0 amide bonds. The third kappa shape index (κ3) is 3.11. The van der Waals surface area contributed by atoms with Gasteiger partial charge >= 0.3 is 0 Å². The zero-order chi connectivity index (χ0) is 32.8. The van der Waals surface area contributed by atoms with E-state index in [0.29, 0.717) is 0 Å². The first kappa shape index (κ1) is 27.0. The minimum absolute atomic E-state index is 0.0394. The van der Waals surface area contributed by atoms with E-state index in [1.54, 1.807) is 0 Å². The summed E-state index contributed by atoms with van der Waals surface area (Å²) in [5, 5.41) is 5.11. The number of aromatic nitrogens is 1. The normalized spacial score (nSPS) is 13.9. The molecule has 49 heavy (non-hydrogen) atoms. The zero-order valence-electron chi connectivity index (χ0n) is 27.6. The molecule has 0 atom stereocenters. The molecule has 0 bridgehead atoms. The number of rotatable bonds is 1. The number of fused-ring (bicyclic) bond motifs is 16. The highest BCUT2D eigenvalue weighted by molar-refractivity contribution is 6.24. The molecule has 2 nitrogen and oxygen atoms in total. The van der Waals surface area contributed by atoms with Gasteiger partial charge in [0, 0.05) is 27.1 Å². The Morgan fingerprint density at radius 3 is 1.63 bits per heavy atom. The molecule has 0 saturated carbocycles. The fourth-order valence-corrected chi connectivity index (χ4v) is 10.0. The van der Waals surface area contributed by atoms with Crippen LogP contribution in [0.3, 0.4) is 0 Å². The molecular weight excluding hydrogens is 595 g/mol. The van der Waals surface area contributed by atoms with E-state index < -0.39 is 5.41 Å². The van der Waals surface area contributed by atoms with Gasteiger partial charge in [0.1, 0.15) is 0 Å². The molecule has 0 unspecified atom stereocenters. The second-order valence-electron chi connectivity index (χ2n) is 14.2. The molecule has 0 fully saturated rings. The predicted octanol–water partition coefficient (Wildman–Crippen LogP) is 11.1. The highest BCUT2D eigenvalue weighted by Crippen LogP contribution is 2.64. The van der Waals surface area contributed by atoms with Crippen molar-refractivity contribution in [2.75, 3.05) is 0 Å². The number of pyridine rings is 1. The van der Waals surface area contributed by atoms with Gasteiger partial charge in [0.25, 0.3) is 5.56 Å². The first-order chi connectivity index (χ1) is 24.0. The lowest BCUT2D eigenvalue weighted by Crippen LogP contribution is -2.25. The van der Waals surface area contributed by atoms with Crippen LogP contribution in [-0.2, 0) is 5.41 Å². The third-order valence-corrected chi connectivity index (χ3v) is 11.6. The quantitative estimate of drug-likeness (QED) is 0.166. The van der Waals surface area contributed by atoms with Gasteiger partial charge in [-0.3, -0.25) is 9.20 Å². The van der Waals surface area contributed by atoms with E-state index in [9.17, 15) is 4.79 Å². The minimum atomic E-state index is -0.468. The summed E-state index contributed by atoms with van der Waals surface area (Å²) in [7, 11) is 0. The van der Waals surface area contributed by atoms with Crippen LogP contribution >= 0.6 is 0 Å². The van der Waals surface area contributed by atoms with Gasteiger partial charge in [-0.15, -0.1) is 0 Å². The largest absolute Gasteiger partial charge is 0.274 e. The molecule has 230 valence electrons. The molecule has 2 heteroatoms. The van der Waals surface area contributed by atoms with E-state index in [-0.39, 0.29) is 5.56 Å². The molecule has 0 aliphatic heterocycles. The molecular formula is C47H31NO. The second-order valence-corrected chi connectivity index (χ2v) is 14.2. The lowest BCUT2D eigenvalue weighted by atomic mass is 9.70. The van der Waals surface area contributed by atoms with Crippen molar-refractivity contribution in [3.05, 3.63) is 183 Å². The van der Waals surface area contributed by atoms with Crippen LogP contribution in [0.25, 0.3) is 71.3 Å². The number of nitrogens with zero attached hydrogens (tertiary/aromatic N) is 1. The van der Waals surface area contributed by atoms with Crippen LogP contribution in [0.15, 0.2) is 138 Å². The zero-order valence-corrected chi connectivity index (χ0v) is 27.6. The lowest BCUT2D eigenvalue weighted by Gasteiger charge is -2.30. The minimum Gasteiger partial charge on any atom is -0.274 e. The summed E-state index contributed by atoms with van der Waals surface area (Å²) in [6.45, 7) is 6.59. The van der Waals surface area contributed by atoms with Crippen LogP contribution in [0.4, 0.5) is 0 Å². The third-order valence-electron chi connectivity index (χ3n) is 11.6. The maximum atomic E-state index is 14.9. The predicted molar refractivity (Wildman–Crippen MR) is 203 cm³/mol. The summed E-state index contributed by atoms with van der Waals surface area (Å²) in [5.74, 6) is 0. The van der Waals surface area contributed by atoms with E-state index >= 15 is 0 Å². The van der Waals surface area contributed by atoms with Crippen LogP contribution in [0.1, 0.15) is 38.9 Å². The Labute approximate surface area is 283 Å². The Bertz CT molecular complexity index is 2930. The van der Waals surface area contributed by atoms with Crippen molar-refractivity contribution in [2.24, 2.45) is 0 Å². The summed E-state index contributed by atoms with van der Waals surface area (Å²) < 4.78 is 2.06. The first-order valence-corrected chi connectivity index (χ1v) is 17.2. The van der Waals surface area contributed by atoms with Crippen LogP contribution < -0.4 is 5.56 Å². The van der Waals surface area contributed by atoms with Crippen molar-refractivity contribution in [1.82, 2.24) is 4.40 Å². The second kappa shape index (κ2) is 9.12. The average Bonchev–Trinajstić information content (AvgIpc) is 3.72. The van der Waals surface area contributed by atoms with Crippen LogP contribution in [0, 0.1) is 20.8 Å². The van der Waals surface area contributed by atoms with Crippen molar-refractivity contribution < 1.29 is 0 Å². The molecule has 2 aliphatic carbocycles. The van der Waals surface area contributed by atoms with Crippen LogP contribution in [0.5, 0.6) is 0 Å². The number of benzene rings is 7. The summed E-state index contributed by atoms with van der Waals surface area (Å²) in [5.41, 5.74) is 17.9. The molecule has 7 aromatic carbocycles. The van der Waals surface area contributed by atoms with E-state index in [1.165, 1.54) is 72.3 Å². The fraction of sp³-hybridized carbons (Fsp3) is 0.0851. The van der Waals surface area contributed by atoms with Crippen molar-refractivity contribution in [3.63, 3.8) is 0 Å². The maximum absolute atomic E-state index is 14.9. The fourth-order valence-electron chi connectivity index (χ4n) is 10.0. The Hall–Kier alpha value is -5.99. The Balaban J connectivity index is 1.37. The van der Waals surface area contributed by atoms with Crippen molar-refractivity contribution >= 4 is 38.0 Å². The molecule has 9 aromatic rings. The van der Waals surface area contributed by atoms with Crippen molar-refractivity contribution in [1.29, 1.82) is 0 Å². The molecule has 2 heterocycles. The van der Waals surface area contributed by atoms with Gasteiger partial charge in [-0.2, -0.15) is 0 Å².